The minimum atomic E-state index is -3.08. The van der Waals surface area contributed by atoms with E-state index in [1.165, 1.54) is 6.26 Å². The minimum absolute atomic E-state index is 0.328. The summed E-state index contributed by atoms with van der Waals surface area (Å²) < 4.78 is 25.8. The van der Waals surface area contributed by atoms with Crippen LogP contribution in [0.1, 0.15) is 12.8 Å². The molecule has 7 heteroatoms. The van der Waals surface area contributed by atoms with Gasteiger partial charge in [0.1, 0.15) is 0 Å². The summed E-state index contributed by atoms with van der Waals surface area (Å²) >= 11 is 8.39. The van der Waals surface area contributed by atoms with Crippen LogP contribution >= 0.6 is 34.2 Å². The lowest BCUT2D eigenvalue weighted by atomic mass is 9.99. The van der Waals surface area contributed by atoms with Gasteiger partial charge < -0.3 is 5.32 Å². The van der Waals surface area contributed by atoms with Crippen LogP contribution in [0, 0.1) is 9.49 Å². The van der Waals surface area contributed by atoms with Crippen LogP contribution in [-0.2, 0) is 10.0 Å². The molecular weight excluding hydrogens is 411 g/mol. The van der Waals surface area contributed by atoms with E-state index in [-0.39, 0.29) is 0 Å². The highest BCUT2D eigenvalue weighted by Crippen LogP contribution is 2.25. The van der Waals surface area contributed by atoms with E-state index in [0.29, 0.717) is 24.0 Å². The minimum Gasteiger partial charge on any atom is -0.384 e. The molecule has 0 bridgehead atoms. The molecule has 1 unspecified atom stereocenters. The van der Waals surface area contributed by atoms with E-state index in [9.17, 15) is 8.42 Å². The zero-order chi connectivity index (χ0) is 14.8. The number of hydrogen-bond acceptors (Lipinski definition) is 3. The van der Waals surface area contributed by atoms with Gasteiger partial charge in [0.15, 0.2) is 0 Å². The normalized spacial score (nSPS) is 20.9. The van der Waals surface area contributed by atoms with Crippen LogP contribution in [0.15, 0.2) is 18.2 Å². The van der Waals surface area contributed by atoms with Crippen molar-refractivity contribution in [1.82, 2.24) is 4.31 Å². The molecule has 0 radical (unpaired) electrons. The molecule has 0 aliphatic carbocycles. The molecule has 2 rings (SSSR count). The molecule has 20 heavy (non-hydrogen) atoms. The third kappa shape index (κ3) is 4.47. The Morgan fingerprint density at radius 3 is 2.90 bits per heavy atom. The number of hydrogen-bond donors (Lipinski definition) is 1. The van der Waals surface area contributed by atoms with E-state index in [0.717, 1.165) is 28.6 Å². The summed E-state index contributed by atoms with van der Waals surface area (Å²) in [5.74, 6) is 0.328. The van der Waals surface area contributed by atoms with Crippen molar-refractivity contribution in [3.63, 3.8) is 0 Å². The molecule has 1 aliphatic rings. The standard InChI is InChI=1S/C13H18ClIN2O2S/c1-20(18,19)17-6-2-3-10(9-17)8-16-13-5-4-11(15)7-12(13)14/h4-5,7,10,16H,2-3,6,8-9H2,1H3. The zero-order valence-electron chi connectivity index (χ0n) is 11.3. The first-order chi connectivity index (χ1) is 9.36. The fourth-order valence-corrected chi connectivity index (χ4v) is 4.25. The van der Waals surface area contributed by atoms with Gasteiger partial charge >= 0.3 is 0 Å². The van der Waals surface area contributed by atoms with Gasteiger partial charge in [-0.15, -0.1) is 0 Å². The molecule has 1 N–H and O–H groups in total. The van der Waals surface area contributed by atoms with E-state index in [1.54, 1.807) is 4.31 Å². The predicted molar refractivity (Wildman–Crippen MR) is 91.8 cm³/mol. The molecule has 1 aromatic rings. The second-order valence-electron chi connectivity index (χ2n) is 5.13. The Hall–Kier alpha value is -0.0500. The molecule has 1 fully saturated rings. The first-order valence-electron chi connectivity index (χ1n) is 6.50. The van der Waals surface area contributed by atoms with Crippen molar-refractivity contribution < 1.29 is 8.42 Å². The summed E-state index contributed by atoms with van der Waals surface area (Å²) in [7, 11) is -3.08. The highest BCUT2D eigenvalue weighted by molar-refractivity contribution is 14.1. The van der Waals surface area contributed by atoms with Crippen molar-refractivity contribution in [2.24, 2.45) is 5.92 Å². The Kier molecular flexibility index (Phi) is 5.56. The SMILES string of the molecule is CS(=O)(=O)N1CCCC(CNc2ccc(I)cc2Cl)C1. The van der Waals surface area contributed by atoms with Gasteiger partial charge in [0.25, 0.3) is 0 Å². The fraction of sp³-hybridized carbons (Fsp3) is 0.538. The maximum absolute atomic E-state index is 11.6. The lowest BCUT2D eigenvalue weighted by molar-refractivity contribution is 0.277. The lowest BCUT2D eigenvalue weighted by Gasteiger charge is -2.31. The van der Waals surface area contributed by atoms with Gasteiger partial charge in [-0.05, 0) is 59.5 Å². The van der Waals surface area contributed by atoms with Gasteiger partial charge in [-0.3, -0.25) is 0 Å². The number of nitrogens with zero attached hydrogens (tertiary/aromatic N) is 1. The van der Waals surface area contributed by atoms with Crippen molar-refractivity contribution in [2.75, 3.05) is 31.2 Å². The first-order valence-corrected chi connectivity index (χ1v) is 9.81. The van der Waals surface area contributed by atoms with Crippen LogP contribution < -0.4 is 5.32 Å². The number of rotatable bonds is 4. The summed E-state index contributed by atoms with van der Waals surface area (Å²) in [6.07, 6.45) is 3.24. The van der Waals surface area contributed by atoms with Crippen molar-refractivity contribution in [2.45, 2.75) is 12.8 Å². The third-order valence-corrected chi connectivity index (χ3v) is 5.72. The van der Waals surface area contributed by atoms with E-state index < -0.39 is 10.0 Å². The molecule has 1 aliphatic heterocycles. The summed E-state index contributed by atoms with van der Waals surface area (Å²) in [6.45, 7) is 1.97. The quantitative estimate of drug-likeness (QED) is 0.750. The first kappa shape index (κ1) is 16.3. The van der Waals surface area contributed by atoms with Crippen LogP contribution in [0.2, 0.25) is 5.02 Å². The number of nitrogens with one attached hydrogen (secondary N) is 1. The molecule has 1 atom stereocenters. The Bertz CT molecular complexity index is 580. The molecule has 4 nitrogen and oxygen atoms in total. The second kappa shape index (κ2) is 6.81. The molecule has 112 valence electrons. The summed E-state index contributed by atoms with van der Waals surface area (Å²) in [6, 6.07) is 5.87. The maximum atomic E-state index is 11.6. The number of piperidine rings is 1. The van der Waals surface area contributed by atoms with Crippen molar-refractivity contribution in [3.05, 3.63) is 26.8 Å². The van der Waals surface area contributed by atoms with Crippen molar-refractivity contribution in [1.29, 1.82) is 0 Å². The Balaban J connectivity index is 1.94. The molecule has 1 saturated heterocycles. The summed E-state index contributed by atoms with van der Waals surface area (Å²) in [5, 5.41) is 4.03. The van der Waals surface area contributed by atoms with E-state index in [1.807, 2.05) is 18.2 Å². The van der Waals surface area contributed by atoms with Gasteiger partial charge in [-0.1, -0.05) is 11.6 Å². The molecule has 0 spiro atoms. The number of anilines is 1. The highest BCUT2D eigenvalue weighted by Gasteiger charge is 2.25. The molecule has 1 aromatic carbocycles. The maximum Gasteiger partial charge on any atom is 0.211 e. The molecule has 0 saturated carbocycles. The van der Waals surface area contributed by atoms with Crippen LogP contribution in [0.25, 0.3) is 0 Å². The average molecular weight is 429 g/mol. The van der Waals surface area contributed by atoms with Crippen LogP contribution in [0.4, 0.5) is 5.69 Å². The molecular formula is C13H18ClIN2O2S. The fourth-order valence-electron chi connectivity index (χ4n) is 2.38. The van der Waals surface area contributed by atoms with Crippen molar-refractivity contribution in [3.8, 4) is 0 Å². The van der Waals surface area contributed by atoms with Crippen LogP contribution in [-0.4, -0.2) is 38.6 Å². The molecule has 0 amide bonds. The number of sulfonamides is 1. The van der Waals surface area contributed by atoms with Crippen LogP contribution in [0.5, 0.6) is 0 Å². The largest absolute Gasteiger partial charge is 0.384 e. The highest BCUT2D eigenvalue weighted by atomic mass is 127. The second-order valence-corrected chi connectivity index (χ2v) is 8.77. The van der Waals surface area contributed by atoms with E-state index >= 15 is 0 Å². The smallest absolute Gasteiger partial charge is 0.211 e. The zero-order valence-corrected chi connectivity index (χ0v) is 15.0. The van der Waals surface area contributed by atoms with Crippen molar-refractivity contribution >= 4 is 49.9 Å². The lowest BCUT2D eigenvalue weighted by Crippen LogP contribution is -2.41. The Morgan fingerprint density at radius 2 is 2.25 bits per heavy atom. The van der Waals surface area contributed by atoms with Gasteiger partial charge in [0, 0.05) is 23.2 Å². The topological polar surface area (TPSA) is 49.4 Å². The van der Waals surface area contributed by atoms with E-state index in [2.05, 4.69) is 27.9 Å². The monoisotopic (exact) mass is 428 g/mol. The Morgan fingerprint density at radius 1 is 1.50 bits per heavy atom. The predicted octanol–water partition coefficient (Wildman–Crippen LogP) is 3.03. The summed E-state index contributed by atoms with van der Waals surface area (Å²) in [5.41, 5.74) is 0.906. The Labute approximate surface area is 139 Å². The summed E-state index contributed by atoms with van der Waals surface area (Å²) in [4.78, 5) is 0. The molecule has 1 heterocycles. The van der Waals surface area contributed by atoms with Gasteiger partial charge in [0.2, 0.25) is 10.0 Å². The van der Waals surface area contributed by atoms with E-state index in [4.69, 9.17) is 11.6 Å². The average Bonchev–Trinajstić information content (AvgIpc) is 2.37. The van der Waals surface area contributed by atoms with Gasteiger partial charge in [-0.2, -0.15) is 0 Å². The number of halogens is 2. The van der Waals surface area contributed by atoms with Gasteiger partial charge in [0.05, 0.1) is 17.0 Å². The molecule has 0 aromatic heterocycles. The van der Waals surface area contributed by atoms with Gasteiger partial charge in [-0.25, -0.2) is 12.7 Å². The third-order valence-electron chi connectivity index (χ3n) is 3.46. The van der Waals surface area contributed by atoms with Crippen LogP contribution in [0.3, 0.4) is 0 Å². The number of benzene rings is 1.